The number of esters is 2. The zero-order valence-electron chi connectivity index (χ0n) is 61.2. The second-order valence-electron chi connectivity index (χ2n) is 25.7. The van der Waals surface area contributed by atoms with Gasteiger partial charge in [-0.2, -0.15) is 0 Å². The Labute approximate surface area is 582 Å². The molecule has 0 aromatic rings. The number of allylic oxidation sites excluding steroid dienone is 30. The maximum absolute atomic E-state index is 12.4. The Morgan fingerprint density at radius 3 is 0.638 bits per heavy atom. The van der Waals surface area contributed by atoms with Crippen molar-refractivity contribution in [3.8, 4) is 0 Å². The minimum atomic E-state index is -0.783. The molecule has 0 aliphatic rings. The second-order valence-corrected chi connectivity index (χ2v) is 25.7. The Bertz CT molecular complexity index is 2060. The molecular formula is C89H146O5. The van der Waals surface area contributed by atoms with Gasteiger partial charge < -0.3 is 14.6 Å². The number of ether oxygens (including phenoxy) is 2. The van der Waals surface area contributed by atoms with Crippen molar-refractivity contribution < 1.29 is 24.2 Å². The summed E-state index contributed by atoms with van der Waals surface area (Å²) < 4.78 is 10.8. The van der Waals surface area contributed by atoms with E-state index in [0.717, 1.165) is 135 Å². The molecule has 0 rings (SSSR count). The van der Waals surface area contributed by atoms with Gasteiger partial charge in [0.05, 0.1) is 6.61 Å². The second kappa shape index (κ2) is 82.2. The van der Waals surface area contributed by atoms with E-state index in [9.17, 15) is 14.7 Å². The number of rotatable bonds is 71. The number of unbranched alkanes of at least 4 members (excludes halogenated alkanes) is 33. The summed E-state index contributed by atoms with van der Waals surface area (Å²) in [7, 11) is 0. The summed E-state index contributed by atoms with van der Waals surface area (Å²) in [5.74, 6) is -0.586. The van der Waals surface area contributed by atoms with E-state index in [-0.39, 0.29) is 25.2 Å². The zero-order chi connectivity index (χ0) is 67.5. The smallest absolute Gasteiger partial charge is 0.306 e. The van der Waals surface area contributed by atoms with Gasteiger partial charge in [0.2, 0.25) is 0 Å². The molecule has 5 nitrogen and oxygen atoms in total. The van der Waals surface area contributed by atoms with Gasteiger partial charge in [-0.15, -0.1) is 0 Å². The molecule has 0 amide bonds. The maximum atomic E-state index is 12.4. The van der Waals surface area contributed by atoms with Gasteiger partial charge in [0.25, 0.3) is 0 Å². The number of aliphatic hydroxyl groups is 1. The third kappa shape index (κ3) is 79.4. The van der Waals surface area contributed by atoms with E-state index in [4.69, 9.17) is 9.47 Å². The summed E-state index contributed by atoms with van der Waals surface area (Å²) in [6.45, 7) is 3.93. The molecule has 1 atom stereocenters. The van der Waals surface area contributed by atoms with Crippen molar-refractivity contribution in [3.63, 3.8) is 0 Å². The Morgan fingerprint density at radius 1 is 0.245 bits per heavy atom. The molecule has 5 heteroatoms. The third-order valence-electron chi connectivity index (χ3n) is 16.7. The van der Waals surface area contributed by atoms with Gasteiger partial charge in [0.15, 0.2) is 6.10 Å². The van der Waals surface area contributed by atoms with Crippen LogP contribution in [0.25, 0.3) is 0 Å². The first-order valence-electron chi connectivity index (χ1n) is 39.3. The lowest BCUT2D eigenvalue weighted by Crippen LogP contribution is -2.28. The number of hydrogen-bond acceptors (Lipinski definition) is 5. The van der Waals surface area contributed by atoms with Gasteiger partial charge >= 0.3 is 11.9 Å². The Balaban J connectivity index is 3.49. The molecule has 0 radical (unpaired) electrons. The van der Waals surface area contributed by atoms with E-state index in [0.29, 0.717) is 12.8 Å². The van der Waals surface area contributed by atoms with Crippen LogP contribution >= 0.6 is 0 Å². The lowest BCUT2D eigenvalue weighted by atomic mass is 10.0. The quantitative estimate of drug-likeness (QED) is 0.0373. The van der Waals surface area contributed by atoms with E-state index in [1.54, 1.807) is 0 Å². The highest BCUT2D eigenvalue weighted by Gasteiger charge is 2.16. The van der Waals surface area contributed by atoms with Crippen LogP contribution in [0.5, 0.6) is 0 Å². The van der Waals surface area contributed by atoms with Crippen molar-refractivity contribution in [3.05, 3.63) is 182 Å². The lowest BCUT2D eigenvalue weighted by molar-refractivity contribution is -0.161. The van der Waals surface area contributed by atoms with Gasteiger partial charge in [-0.05, 0) is 135 Å². The third-order valence-corrected chi connectivity index (χ3v) is 16.7. The molecule has 0 bridgehead atoms. The molecule has 0 saturated carbocycles. The Morgan fingerprint density at radius 2 is 0.426 bits per heavy atom. The number of aliphatic hydroxyl groups excluding tert-OH is 1. The molecule has 1 unspecified atom stereocenters. The van der Waals surface area contributed by atoms with Crippen LogP contribution in [-0.4, -0.2) is 36.4 Å². The number of carbonyl (C=O) groups excluding carboxylic acids is 2. The van der Waals surface area contributed by atoms with Crippen molar-refractivity contribution in [1.82, 2.24) is 0 Å². The topological polar surface area (TPSA) is 72.8 Å². The van der Waals surface area contributed by atoms with Crippen molar-refractivity contribution in [2.45, 2.75) is 354 Å². The molecule has 532 valence electrons. The summed E-state index contributed by atoms with van der Waals surface area (Å²) >= 11 is 0. The van der Waals surface area contributed by atoms with Crippen LogP contribution in [0.3, 0.4) is 0 Å². The monoisotopic (exact) mass is 1300 g/mol. The predicted molar refractivity (Wildman–Crippen MR) is 416 cm³/mol. The first kappa shape index (κ1) is 89.0. The van der Waals surface area contributed by atoms with E-state index in [2.05, 4.69) is 196 Å². The fraction of sp³-hybridized carbons (Fsp3) is 0.640. The minimum absolute atomic E-state index is 0.0705. The van der Waals surface area contributed by atoms with Gasteiger partial charge in [0, 0.05) is 12.8 Å². The highest BCUT2D eigenvalue weighted by molar-refractivity contribution is 5.70. The van der Waals surface area contributed by atoms with Crippen molar-refractivity contribution >= 4 is 11.9 Å². The molecule has 0 aromatic carbocycles. The molecule has 0 heterocycles. The number of carbonyl (C=O) groups is 2. The molecule has 0 spiro atoms. The summed E-state index contributed by atoms with van der Waals surface area (Å²) in [5.41, 5.74) is 0. The summed E-state index contributed by atoms with van der Waals surface area (Å²) in [6.07, 6.45) is 128. The van der Waals surface area contributed by atoms with Gasteiger partial charge in [-0.1, -0.05) is 382 Å². The normalized spacial score (nSPS) is 13.3. The first-order chi connectivity index (χ1) is 46.6. The van der Waals surface area contributed by atoms with E-state index < -0.39 is 6.10 Å². The standard InChI is InChI=1S/C89H146O5/c1-3-5-7-9-11-13-15-17-19-21-23-25-27-29-31-33-35-37-39-41-43-44-46-47-49-51-53-55-57-59-61-63-65-67-69-71-73-75-77-79-81-83-88(91)93-86-87(85-90)94-89(92)84-82-80-78-76-74-72-70-68-66-64-62-60-58-56-54-52-50-48-45-42-40-38-36-34-32-30-28-26-24-22-20-18-16-14-12-10-8-6-4-2/h5-8,11-14,17-20,23-26,29-32,35-38,41-43,45,50,52,87,90H,3-4,9-10,15-16,21-22,27-28,33-34,39-40,44,46-49,51,53-86H2,1-2H3/b7-5-,8-6-,13-11-,14-12-,19-17-,20-18-,25-23-,26-24-,31-29-,32-30-,37-35-,38-36-,43-41-,45-42-,52-50-. The van der Waals surface area contributed by atoms with Crippen LogP contribution in [0.4, 0.5) is 0 Å². The molecule has 0 aromatic heterocycles. The van der Waals surface area contributed by atoms with E-state index >= 15 is 0 Å². The van der Waals surface area contributed by atoms with Crippen LogP contribution < -0.4 is 0 Å². The Kier molecular flexibility index (Phi) is 77.9. The van der Waals surface area contributed by atoms with Crippen LogP contribution in [-0.2, 0) is 19.1 Å². The summed E-state index contributed by atoms with van der Waals surface area (Å²) in [5, 5.41) is 9.73. The summed E-state index contributed by atoms with van der Waals surface area (Å²) in [6, 6.07) is 0. The van der Waals surface area contributed by atoms with Crippen LogP contribution in [0, 0.1) is 0 Å². The van der Waals surface area contributed by atoms with Gasteiger partial charge in [-0.3, -0.25) is 9.59 Å². The van der Waals surface area contributed by atoms with Crippen molar-refractivity contribution in [2.75, 3.05) is 13.2 Å². The van der Waals surface area contributed by atoms with Crippen LogP contribution in [0.15, 0.2) is 182 Å². The summed E-state index contributed by atoms with van der Waals surface area (Å²) in [4.78, 5) is 24.7. The maximum Gasteiger partial charge on any atom is 0.306 e. The minimum Gasteiger partial charge on any atom is -0.462 e. The first-order valence-corrected chi connectivity index (χ1v) is 39.3. The van der Waals surface area contributed by atoms with Crippen molar-refractivity contribution in [1.29, 1.82) is 0 Å². The Hall–Kier alpha value is -5.00. The number of hydrogen-bond donors (Lipinski definition) is 1. The van der Waals surface area contributed by atoms with Gasteiger partial charge in [0.1, 0.15) is 6.61 Å². The highest BCUT2D eigenvalue weighted by atomic mass is 16.6. The molecule has 0 fully saturated rings. The molecule has 0 saturated heterocycles. The highest BCUT2D eigenvalue weighted by Crippen LogP contribution is 2.18. The zero-order valence-corrected chi connectivity index (χ0v) is 61.2. The fourth-order valence-corrected chi connectivity index (χ4v) is 10.9. The predicted octanol–water partition coefficient (Wildman–Crippen LogP) is 28.1. The molecule has 94 heavy (non-hydrogen) atoms. The molecular weight excluding hydrogens is 1150 g/mol. The van der Waals surface area contributed by atoms with Gasteiger partial charge in [-0.25, -0.2) is 0 Å². The van der Waals surface area contributed by atoms with Crippen LogP contribution in [0.1, 0.15) is 348 Å². The molecule has 1 N–H and O–H groups in total. The SMILES string of the molecule is CC/C=C\C/C=C\C/C=C\C/C=C\C/C=C\C/C=C\C/C=C\C/C=C\CCCCCCCCCCCCCCCCC(=O)OC(CO)COC(=O)CCCCCCCCCCCCCCCCCCCCC/C=C\C/C=C\C/C=C\C/C=C\C/C=C\C/C=C\C/C=C\CC. The fourth-order valence-electron chi connectivity index (χ4n) is 10.9. The average Bonchev–Trinajstić information content (AvgIpc) is 3.65. The molecule has 0 aliphatic carbocycles. The largest absolute Gasteiger partial charge is 0.462 e. The van der Waals surface area contributed by atoms with E-state index in [1.807, 2.05) is 0 Å². The lowest BCUT2D eigenvalue weighted by Gasteiger charge is -2.15. The van der Waals surface area contributed by atoms with E-state index in [1.165, 1.54) is 186 Å². The van der Waals surface area contributed by atoms with Crippen molar-refractivity contribution in [2.24, 2.45) is 0 Å². The average molecular weight is 1300 g/mol. The van der Waals surface area contributed by atoms with Crippen LogP contribution in [0.2, 0.25) is 0 Å². The molecule has 0 aliphatic heterocycles.